The van der Waals surface area contributed by atoms with E-state index in [1.807, 2.05) is 30.3 Å². The second kappa shape index (κ2) is 9.34. The lowest BCUT2D eigenvalue weighted by Crippen LogP contribution is -2.32. The van der Waals surface area contributed by atoms with Gasteiger partial charge in [0, 0.05) is 24.7 Å². The summed E-state index contributed by atoms with van der Waals surface area (Å²) in [5.41, 5.74) is 6.91. The van der Waals surface area contributed by atoms with E-state index in [4.69, 9.17) is 26.8 Å². The Morgan fingerprint density at radius 3 is 2.54 bits per heavy atom. The number of nitrogens with two attached hydrogens (primary N) is 1. The van der Waals surface area contributed by atoms with Gasteiger partial charge in [-0.15, -0.1) is 0 Å². The summed E-state index contributed by atoms with van der Waals surface area (Å²) in [6.45, 7) is 2.16. The zero-order valence-corrected chi connectivity index (χ0v) is 16.3. The summed E-state index contributed by atoms with van der Waals surface area (Å²) < 4.78 is 38.7. The van der Waals surface area contributed by atoms with Crippen LogP contribution < -0.4 is 15.2 Å². The molecule has 0 heterocycles. The summed E-state index contributed by atoms with van der Waals surface area (Å²) in [5.74, 6) is 0.208. The van der Waals surface area contributed by atoms with Crippen LogP contribution in [0.4, 0.5) is 0 Å². The predicted octanol–water partition coefficient (Wildman–Crippen LogP) is 2.73. The summed E-state index contributed by atoms with van der Waals surface area (Å²) in [6.07, 6.45) is -0.318. The first-order valence-corrected chi connectivity index (χ1v) is 9.95. The van der Waals surface area contributed by atoms with E-state index in [-0.39, 0.29) is 23.3 Å². The van der Waals surface area contributed by atoms with Crippen molar-refractivity contribution >= 4 is 21.6 Å². The van der Waals surface area contributed by atoms with E-state index in [2.05, 4.69) is 4.72 Å². The van der Waals surface area contributed by atoms with Gasteiger partial charge in [-0.25, -0.2) is 13.1 Å². The topological polar surface area (TPSA) is 90.6 Å². The zero-order chi connectivity index (χ0) is 19.2. The molecule has 2 unspecified atom stereocenters. The van der Waals surface area contributed by atoms with Crippen molar-refractivity contribution < 1.29 is 17.9 Å². The van der Waals surface area contributed by atoms with Gasteiger partial charge in [0.2, 0.25) is 10.0 Å². The Kier molecular flexibility index (Phi) is 7.43. The van der Waals surface area contributed by atoms with Crippen LogP contribution in [-0.4, -0.2) is 34.8 Å². The molecule has 0 aliphatic rings. The fourth-order valence-corrected chi connectivity index (χ4v) is 3.82. The molecule has 0 spiro atoms. The smallest absolute Gasteiger partial charge is 0.244 e. The van der Waals surface area contributed by atoms with Gasteiger partial charge in [0.25, 0.3) is 0 Å². The minimum atomic E-state index is -3.86. The van der Waals surface area contributed by atoms with E-state index >= 15 is 0 Å². The molecular weight excluding hydrogens is 376 g/mol. The van der Waals surface area contributed by atoms with E-state index < -0.39 is 16.1 Å². The molecule has 2 rings (SSSR count). The number of halogens is 1. The van der Waals surface area contributed by atoms with E-state index in [1.54, 1.807) is 20.1 Å². The van der Waals surface area contributed by atoms with Gasteiger partial charge in [-0.3, -0.25) is 0 Å². The molecule has 0 aliphatic heterocycles. The van der Waals surface area contributed by atoms with E-state index in [1.165, 1.54) is 12.1 Å². The highest BCUT2D eigenvalue weighted by atomic mass is 35.5. The fraction of sp³-hybridized carbons (Fsp3) is 0.333. The molecule has 26 heavy (non-hydrogen) atoms. The molecule has 0 bridgehead atoms. The van der Waals surface area contributed by atoms with Crippen LogP contribution >= 0.6 is 11.6 Å². The van der Waals surface area contributed by atoms with Gasteiger partial charge in [0.1, 0.15) is 16.7 Å². The molecule has 3 N–H and O–H groups in total. The molecular formula is C18H23ClN2O4S. The van der Waals surface area contributed by atoms with Gasteiger partial charge < -0.3 is 15.2 Å². The first-order valence-electron chi connectivity index (χ1n) is 8.09. The highest BCUT2D eigenvalue weighted by Crippen LogP contribution is 2.28. The molecule has 0 aromatic heterocycles. The van der Waals surface area contributed by atoms with Crippen LogP contribution in [0.3, 0.4) is 0 Å². The van der Waals surface area contributed by atoms with Crippen molar-refractivity contribution in [2.75, 3.05) is 20.3 Å². The number of methoxy groups -OCH3 is 1. The minimum Gasteiger partial charge on any atom is -0.487 e. The number of benzene rings is 2. The molecule has 0 saturated heterocycles. The largest absolute Gasteiger partial charge is 0.487 e. The molecule has 0 radical (unpaired) electrons. The van der Waals surface area contributed by atoms with Crippen molar-refractivity contribution in [2.24, 2.45) is 5.73 Å². The van der Waals surface area contributed by atoms with Crippen molar-refractivity contribution in [3.8, 4) is 5.75 Å². The highest BCUT2D eigenvalue weighted by Gasteiger charge is 2.22. The standard InChI is InChI=1S/C18H23ClN2O4S/c1-13(12-24-2)25-17-9-8-15(19)10-18(17)26(22,23)21-11-16(20)14-6-4-3-5-7-14/h3-10,13,16,21H,11-12,20H2,1-2H3. The molecule has 2 atom stereocenters. The van der Waals surface area contributed by atoms with Crippen LogP contribution in [0.1, 0.15) is 18.5 Å². The maximum absolute atomic E-state index is 12.7. The molecule has 2 aromatic carbocycles. The lowest BCUT2D eigenvalue weighted by Gasteiger charge is -2.18. The maximum atomic E-state index is 12.7. The van der Waals surface area contributed by atoms with Crippen molar-refractivity contribution in [1.82, 2.24) is 4.72 Å². The summed E-state index contributed by atoms with van der Waals surface area (Å²) >= 11 is 5.98. The lowest BCUT2D eigenvalue weighted by atomic mass is 10.1. The van der Waals surface area contributed by atoms with Gasteiger partial charge in [0.05, 0.1) is 6.61 Å². The number of hydrogen-bond acceptors (Lipinski definition) is 5. The molecule has 8 heteroatoms. The minimum absolute atomic E-state index is 0.0341. The Labute approximate surface area is 159 Å². The molecule has 0 amide bonds. The summed E-state index contributed by atoms with van der Waals surface area (Å²) in [4.78, 5) is -0.0341. The third-order valence-electron chi connectivity index (χ3n) is 3.65. The van der Waals surface area contributed by atoms with Crippen molar-refractivity contribution in [2.45, 2.75) is 24.0 Å². The van der Waals surface area contributed by atoms with Gasteiger partial charge in [0.15, 0.2) is 0 Å². The number of rotatable bonds is 9. The van der Waals surface area contributed by atoms with E-state index in [9.17, 15) is 8.42 Å². The average molecular weight is 399 g/mol. The Hall–Kier alpha value is -1.64. The number of hydrogen-bond donors (Lipinski definition) is 2. The maximum Gasteiger partial charge on any atom is 0.244 e. The second-order valence-corrected chi connectivity index (χ2v) is 8.02. The highest BCUT2D eigenvalue weighted by molar-refractivity contribution is 7.89. The van der Waals surface area contributed by atoms with Crippen LogP contribution in [0.5, 0.6) is 5.75 Å². The van der Waals surface area contributed by atoms with Crippen LogP contribution in [0.2, 0.25) is 5.02 Å². The number of sulfonamides is 1. The molecule has 142 valence electrons. The Balaban J connectivity index is 2.18. The first-order chi connectivity index (χ1) is 12.3. The van der Waals surface area contributed by atoms with Gasteiger partial charge in [-0.05, 0) is 30.7 Å². The SMILES string of the molecule is COCC(C)Oc1ccc(Cl)cc1S(=O)(=O)NCC(N)c1ccccc1. The summed E-state index contributed by atoms with van der Waals surface area (Å²) in [5, 5.41) is 0.296. The van der Waals surface area contributed by atoms with Crippen molar-refractivity contribution in [3.63, 3.8) is 0 Å². The Morgan fingerprint density at radius 2 is 1.88 bits per heavy atom. The fourth-order valence-electron chi connectivity index (χ4n) is 2.37. The quantitative estimate of drug-likeness (QED) is 0.677. The first kappa shape index (κ1) is 20.7. The monoisotopic (exact) mass is 398 g/mol. The summed E-state index contributed by atoms with van der Waals surface area (Å²) in [7, 11) is -2.31. The van der Waals surface area contributed by atoms with Crippen LogP contribution in [0.25, 0.3) is 0 Å². The van der Waals surface area contributed by atoms with Gasteiger partial charge in [-0.2, -0.15) is 0 Å². The predicted molar refractivity (Wildman–Crippen MR) is 102 cm³/mol. The zero-order valence-electron chi connectivity index (χ0n) is 14.7. The van der Waals surface area contributed by atoms with Crippen LogP contribution in [0.15, 0.2) is 53.4 Å². The summed E-state index contributed by atoms with van der Waals surface area (Å²) in [6, 6.07) is 13.3. The Bertz CT molecular complexity index is 815. The Morgan fingerprint density at radius 1 is 1.19 bits per heavy atom. The van der Waals surface area contributed by atoms with Gasteiger partial charge >= 0.3 is 0 Å². The molecule has 6 nitrogen and oxygen atoms in total. The third kappa shape index (κ3) is 5.69. The van der Waals surface area contributed by atoms with E-state index in [0.29, 0.717) is 11.6 Å². The van der Waals surface area contributed by atoms with Gasteiger partial charge in [-0.1, -0.05) is 41.9 Å². The van der Waals surface area contributed by atoms with Crippen molar-refractivity contribution in [3.05, 3.63) is 59.1 Å². The number of nitrogens with one attached hydrogen (secondary N) is 1. The van der Waals surface area contributed by atoms with Crippen molar-refractivity contribution in [1.29, 1.82) is 0 Å². The average Bonchev–Trinajstić information content (AvgIpc) is 2.62. The van der Waals surface area contributed by atoms with Crippen LogP contribution in [-0.2, 0) is 14.8 Å². The van der Waals surface area contributed by atoms with E-state index in [0.717, 1.165) is 5.56 Å². The lowest BCUT2D eigenvalue weighted by molar-refractivity contribution is 0.0901. The third-order valence-corrected chi connectivity index (χ3v) is 5.33. The molecule has 0 aliphatic carbocycles. The van der Waals surface area contributed by atoms with Crippen LogP contribution in [0, 0.1) is 0 Å². The number of ether oxygens (including phenoxy) is 2. The normalized spacial score (nSPS) is 14.0. The molecule has 0 saturated carbocycles. The second-order valence-electron chi connectivity index (χ2n) is 5.84. The molecule has 2 aromatic rings. The molecule has 0 fully saturated rings.